The van der Waals surface area contributed by atoms with Gasteiger partial charge in [0.05, 0.1) is 0 Å². The van der Waals surface area contributed by atoms with E-state index in [4.69, 9.17) is 17.0 Å². The van der Waals surface area contributed by atoms with E-state index >= 15 is 0 Å². The molecule has 1 aliphatic carbocycles. The van der Waals surface area contributed by atoms with Crippen molar-refractivity contribution in [2.45, 2.75) is 31.2 Å². The Kier molecular flexibility index (Phi) is 5.85. The van der Waals surface area contributed by atoms with Crippen LogP contribution >= 0.6 is 11.6 Å². The van der Waals surface area contributed by atoms with Gasteiger partial charge in [0.15, 0.2) is 5.96 Å². The zero-order chi connectivity index (χ0) is 21.3. The largest absolute Gasteiger partial charge is 0.338 e. The second kappa shape index (κ2) is 8.40. The van der Waals surface area contributed by atoms with Crippen LogP contribution < -0.4 is 5.32 Å². The van der Waals surface area contributed by atoms with Gasteiger partial charge in [-0.1, -0.05) is 41.9 Å². The fourth-order valence-corrected chi connectivity index (χ4v) is 4.56. The minimum Gasteiger partial charge on any atom is -0.338 e. The number of guanidine groups is 1. The Morgan fingerprint density at radius 3 is 2.50 bits per heavy atom. The van der Waals surface area contributed by atoms with Crippen LogP contribution in [0.25, 0.3) is 11.1 Å². The minimum absolute atomic E-state index is 0.0168. The molecule has 0 aromatic heterocycles. The van der Waals surface area contributed by atoms with Crippen molar-refractivity contribution in [3.63, 3.8) is 0 Å². The molecule has 1 heterocycles. The molecular weight excluding hydrogens is 396 g/mol. The highest BCUT2D eigenvalue weighted by atomic mass is 35.5. The van der Waals surface area contributed by atoms with E-state index in [0.717, 1.165) is 48.9 Å². The topological polar surface area (TPSA) is 59.4 Å². The quantitative estimate of drug-likeness (QED) is 0.620. The van der Waals surface area contributed by atoms with Gasteiger partial charge in [0.1, 0.15) is 5.54 Å². The fraction of sp³-hybridized carbons (Fsp3) is 0.417. The summed E-state index contributed by atoms with van der Waals surface area (Å²) in [7, 11) is 4.10. The Hall–Kier alpha value is -2.37. The van der Waals surface area contributed by atoms with Crippen LogP contribution in [0.3, 0.4) is 0 Å². The lowest BCUT2D eigenvalue weighted by atomic mass is 9.83. The first-order chi connectivity index (χ1) is 14.4. The van der Waals surface area contributed by atoms with Gasteiger partial charge in [-0.2, -0.15) is 0 Å². The summed E-state index contributed by atoms with van der Waals surface area (Å²) < 4.78 is 0. The lowest BCUT2D eigenvalue weighted by molar-refractivity contribution is -0.132. The standard InChI is InChI=1S/C24H29ClN4O/c1-28(2)13-3-4-14-29-22(30)24(19-11-12-19,27-23(29)26)20-9-5-7-17(15-20)18-8-6-10-21(25)16-18/h5-10,15-16,19H,3-4,11-14H2,1-2H3,(H2,26,27). The number of hydrogen-bond acceptors (Lipinski definition) is 3. The molecule has 5 nitrogen and oxygen atoms in total. The number of benzene rings is 2. The molecule has 158 valence electrons. The lowest BCUT2D eigenvalue weighted by Gasteiger charge is -2.28. The molecule has 1 amide bonds. The van der Waals surface area contributed by atoms with Crippen molar-refractivity contribution in [2.75, 3.05) is 27.2 Å². The molecule has 1 unspecified atom stereocenters. The number of unbranched alkanes of at least 4 members (excludes halogenated alkanes) is 1. The minimum atomic E-state index is -0.826. The summed E-state index contributed by atoms with van der Waals surface area (Å²) >= 11 is 6.19. The summed E-state index contributed by atoms with van der Waals surface area (Å²) in [5, 5.41) is 12.5. The van der Waals surface area contributed by atoms with E-state index in [1.165, 1.54) is 0 Å². The number of nitrogens with one attached hydrogen (secondary N) is 2. The Morgan fingerprint density at radius 1 is 1.13 bits per heavy atom. The highest BCUT2D eigenvalue weighted by Crippen LogP contribution is 2.49. The van der Waals surface area contributed by atoms with Crippen molar-refractivity contribution in [3.8, 4) is 11.1 Å². The van der Waals surface area contributed by atoms with Crippen LogP contribution in [0.4, 0.5) is 0 Å². The van der Waals surface area contributed by atoms with Crippen LogP contribution in [0, 0.1) is 11.3 Å². The maximum absolute atomic E-state index is 13.6. The van der Waals surface area contributed by atoms with Gasteiger partial charge in [-0.25, -0.2) is 0 Å². The summed E-state index contributed by atoms with van der Waals surface area (Å²) in [5.74, 6) is 0.472. The molecule has 2 aromatic carbocycles. The van der Waals surface area contributed by atoms with E-state index in [2.05, 4.69) is 30.4 Å². The van der Waals surface area contributed by atoms with E-state index in [1.807, 2.05) is 42.5 Å². The molecule has 30 heavy (non-hydrogen) atoms. The van der Waals surface area contributed by atoms with E-state index in [-0.39, 0.29) is 17.8 Å². The third-order valence-electron chi connectivity index (χ3n) is 6.07. The van der Waals surface area contributed by atoms with Gasteiger partial charge in [0, 0.05) is 11.6 Å². The van der Waals surface area contributed by atoms with Gasteiger partial charge in [0.2, 0.25) is 0 Å². The number of carbonyl (C=O) groups excluding carboxylic acids is 1. The summed E-state index contributed by atoms with van der Waals surface area (Å²) in [6.45, 7) is 1.57. The first-order valence-corrected chi connectivity index (χ1v) is 11.0. The summed E-state index contributed by atoms with van der Waals surface area (Å²) in [6.07, 6.45) is 3.89. The number of carbonyl (C=O) groups is 1. The van der Waals surface area contributed by atoms with E-state index in [9.17, 15) is 4.79 Å². The molecule has 2 aromatic rings. The number of nitrogens with zero attached hydrogens (tertiary/aromatic N) is 2. The maximum Gasteiger partial charge on any atom is 0.259 e. The van der Waals surface area contributed by atoms with Gasteiger partial charge in [-0.05, 0) is 87.1 Å². The molecule has 1 saturated carbocycles. The number of hydrogen-bond donors (Lipinski definition) is 2. The van der Waals surface area contributed by atoms with Crippen molar-refractivity contribution in [1.29, 1.82) is 5.41 Å². The second-order valence-corrected chi connectivity index (χ2v) is 9.05. The highest BCUT2D eigenvalue weighted by Gasteiger charge is 2.58. The first-order valence-electron chi connectivity index (χ1n) is 10.6. The van der Waals surface area contributed by atoms with E-state index in [0.29, 0.717) is 11.6 Å². The molecule has 0 bridgehead atoms. The predicted molar refractivity (Wildman–Crippen MR) is 122 cm³/mol. The van der Waals surface area contributed by atoms with Crippen molar-refractivity contribution in [3.05, 3.63) is 59.1 Å². The zero-order valence-electron chi connectivity index (χ0n) is 17.6. The Morgan fingerprint density at radius 2 is 1.83 bits per heavy atom. The monoisotopic (exact) mass is 424 g/mol. The molecule has 0 spiro atoms. The highest BCUT2D eigenvalue weighted by molar-refractivity contribution is 6.30. The molecule has 4 rings (SSSR count). The third kappa shape index (κ3) is 3.96. The molecule has 1 aliphatic heterocycles. The van der Waals surface area contributed by atoms with Crippen LogP contribution in [-0.2, 0) is 10.3 Å². The number of amides is 1. The summed E-state index contributed by atoms with van der Waals surface area (Å²) in [4.78, 5) is 17.4. The average molecular weight is 425 g/mol. The van der Waals surface area contributed by atoms with E-state index in [1.54, 1.807) is 4.90 Å². The molecule has 0 radical (unpaired) electrons. The zero-order valence-corrected chi connectivity index (χ0v) is 18.4. The first kappa shape index (κ1) is 20.9. The van der Waals surface area contributed by atoms with Gasteiger partial charge in [0.25, 0.3) is 5.91 Å². The summed E-state index contributed by atoms with van der Waals surface area (Å²) in [6, 6.07) is 15.9. The second-order valence-electron chi connectivity index (χ2n) is 8.61. The fourth-order valence-electron chi connectivity index (χ4n) is 4.37. The maximum atomic E-state index is 13.6. The van der Waals surface area contributed by atoms with E-state index < -0.39 is 5.54 Å². The Labute approximate surface area is 183 Å². The van der Waals surface area contributed by atoms with Crippen LogP contribution in [0.5, 0.6) is 0 Å². The van der Waals surface area contributed by atoms with Crippen molar-refractivity contribution < 1.29 is 4.79 Å². The molecule has 2 fully saturated rings. The van der Waals surface area contributed by atoms with Gasteiger partial charge in [-0.3, -0.25) is 15.1 Å². The molecular formula is C24H29ClN4O. The molecule has 2 N–H and O–H groups in total. The molecule has 2 aliphatic rings. The van der Waals surface area contributed by atoms with Crippen molar-refractivity contribution in [2.24, 2.45) is 5.92 Å². The third-order valence-corrected chi connectivity index (χ3v) is 6.31. The normalized spacial score (nSPS) is 21.4. The summed E-state index contributed by atoms with van der Waals surface area (Å²) in [5.41, 5.74) is 2.16. The smallest absolute Gasteiger partial charge is 0.259 e. The Bertz CT molecular complexity index is 956. The van der Waals surface area contributed by atoms with Gasteiger partial charge >= 0.3 is 0 Å². The molecule has 6 heteroatoms. The predicted octanol–water partition coefficient (Wildman–Crippen LogP) is 4.32. The number of halogens is 1. The lowest BCUT2D eigenvalue weighted by Crippen LogP contribution is -2.46. The average Bonchev–Trinajstić information content (AvgIpc) is 3.53. The van der Waals surface area contributed by atoms with Crippen molar-refractivity contribution >= 4 is 23.5 Å². The molecule has 1 atom stereocenters. The molecule has 1 saturated heterocycles. The SMILES string of the molecule is CN(C)CCCCN1C(=N)NC(c2cccc(-c3cccc(Cl)c3)c2)(C2CC2)C1=O. The van der Waals surface area contributed by atoms with Gasteiger partial charge < -0.3 is 10.2 Å². The van der Waals surface area contributed by atoms with Crippen LogP contribution in [0.15, 0.2) is 48.5 Å². The van der Waals surface area contributed by atoms with Crippen molar-refractivity contribution in [1.82, 2.24) is 15.1 Å². The van der Waals surface area contributed by atoms with Crippen LogP contribution in [0.2, 0.25) is 5.02 Å². The van der Waals surface area contributed by atoms with Crippen LogP contribution in [0.1, 0.15) is 31.2 Å². The Balaban J connectivity index is 1.62. The number of rotatable bonds is 8. The van der Waals surface area contributed by atoms with Gasteiger partial charge in [-0.15, -0.1) is 0 Å². The van der Waals surface area contributed by atoms with Crippen LogP contribution in [-0.4, -0.2) is 48.9 Å².